The van der Waals surface area contributed by atoms with E-state index in [1.807, 2.05) is 11.3 Å². The molecule has 1 saturated heterocycles. The average Bonchev–Trinajstić information content (AvgIpc) is 2.91. The van der Waals surface area contributed by atoms with Gasteiger partial charge in [0.2, 0.25) is 0 Å². The topological polar surface area (TPSA) is 39.6 Å². The van der Waals surface area contributed by atoms with E-state index in [2.05, 4.69) is 23.8 Å². The summed E-state index contributed by atoms with van der Waals surface area (Å²) in [6.07, 6.45) is 7.26. The number of likely N-dealkylation sites (N-methyl/N-ethyl adjacent to an activating group) is 1. The van der Waals surface area contributed by atoms with E-state index in [-0.39, 0.29) is 6.10 Å². The molecule has 1 aliphatic carbocycles. The minimum absolute atomic E-state index is 0.261. The Labute approximate surface area is 144 Å². The summed E-state index contributed by atoms with van der Waals surface area (Å²) in [5.41, 5.74) is 1.34. The molecule has 1 aromatic rings. The number of aryl methyl sites for hydroxylation is 2. The molecule has 1 atom stereocenters. The Hall–Kier alpha value is -0.490. The molecule has 2 heterocycles. The zero-order valence-electron chi connectivity index (χ0n) is 14.6. The maximum atomic E-state index is 10.4. The largest absolute Gasteiger partial charge is 0.390 e. The lowest BCUT2D eigenvalue weighted by Gasteiger charge is -2.32. The number of thiazole rings is 1. The molecule has 1 aliphatic heterocycles. The molecule has 1 unspecified atom stereocenters. The van der Waals surface area contributed by atoms with Crippen LogP contribution in [0.3, 0.4) is 0 Å². The number of aromatic nitrogens is 1. The molecule has 4 nitrogen and oxygen atoms in total. The number of piperidine rings is 1. The van der Waals surface area contributed by atoms with Gasteiger partial charge in [-0.15, -0.1) is 11.3 Å². The van der Waals surface area contributed by atoms with Crippen molar-refractivity contribution < 1.29 is 5.11 Å². The average molecular weight is 338 g/mol. The van der Waals surface area contributed by atoms with Gasteiger partial charge in [-0.25, -0.2) is 4.98 Å². The lowest BCUT2D eigenvalue weighted by molar-refractivity contribution is 0.0662. The maximum Gasteiger partial charge on any atom is 0.107 e. The summed E-state index contributed by atoms with van der Waals surface area (Å²) < 4.78 is 0. The molecule has 0 amide bonds. The minimum atomic E-state index is -0.261. The van der Waals surface area contributed by atoms with Crippen molar-refractivity contribution in [3.05, 3.63) is 15.6 Å². The van der Waals surface area contributed by atoms with Gasteiger partial charge in [0.1, 0.15) is 5.01 Å². The van der Waals surface area contributed by atoms with Crippen LogP contribution in [0.2, 0.25) is 0 Å². The van der Waals surface area contributed by atoms with Crippen LogP contribution < -0.4 is 0 Å². The highest BCUT2D eigenvalue weighted by Gasteiger charge is 2.20. The Bertz CT molecular complexity index is 473. The monoisotopic (exact) mass is 337 g/mol. The van der Waals surface area contributed by atoms with Gasteiger partial charge in [-0.1, -0.05) is 6.92 Å². The number of fused-ring (bicyclic) bond motifs is 1. The van der Waals surface area contributed by atoms with Crippen LogP contribution in [0.1, 0.15) is 48.2 Å². The first-order valence-corrected chi connectivity index (χ1v) is 9.98. The van der Waals surface area contributed by atoms with Gasteiger partial charge in [0.25, 0.3) is 0 Å². The Morgan fingerprint density at radius 1 is 1.30 bits per heavy atom. The van der Waals surface area contributed by atoms with E-state index >= 15 is 0 Å². The molecule has 0 radical (unpaired) electrons. The zero-order chi connectivity index (χ0) is 16.2. The molecule has 130 valence electrons. The van der Waals surface area contributed by atoms with E-state index in [9.17, 15) is 5.11 Å². The van der Waals surface area contributed by atoms with Crippen LogP contribution in [-0.2, 0) is 19.4 Å². The lowest BCUT2D eigenvalue weighted by atomic mass is 9.99. The lowest BCUT2D eigenvalue weighted by Crippen LogP contribution is -2.42. The number of nitrogens with zero attached hydrogens (tertiary/aromatic N) is 3. The van der Waals surface area contributed by atoms with E-state index < -0.39 is 0 Å². The number of rotatable bonds is 6. The van der Waals surface area contributed by atoms with Crippen molar-refractivity contribution in [2.24, 2.45) is 5.92 Å². The second-order valence-corrected chi connectivity index (χ2v) is 8.69. The van der Waals surface area contributed by atoms with Crippen molar-refractivity contribution in [3.63, 3.8) is 0 Å². The fourth-order valence-corrected chi connectivity index (χ4v) is 4.97. The van der Waals surface area contributed by atoms with Crippen molar-refractivity contribution >= 4 is 11.3 Å². The quantitative estimate of drug-likeness (QED) is 0.866. The van der Waals surface area contributed by atoms with Gasteiger partial charge in [0, 0.05) is 18.0 Å². The second kappa shape index (κ2) is 8.06. The molecule has 2 aliphatic rings. The van der Waals surface area contributed by atoms with Crippen molar-refractivity contribution in [2.75, 3.05) is 33.2 Å². The zero-order valence-corrected chi connectivity index (χ0v) is 15.4. The van der Waals surface area contributed by atoms with Gasteiger partial charge in [-0.2, -0.15) is 0 Å². The van der Waals surface area contributed by atoms with Gasteiger partial charge < -0.3 is 10.0 Å². The molecule has 0 aromatic carbocycles. The molecule has 1 fully saturated rings. The number of hydrogen-bond acceptors (Lipinski definition) is 5. The van der Waals surface area contributed by atoms with Crippen LogP contribution in [0.25, 0.3) is 0 Å². The Kier molecular flexibility index (Phi) is 6.07. The summed E-state index contributed by atoms with van der Waals surface area (Å²) in [6.45, 7) is 7.02. The van der Waals surface area contributed by atoms with Crippen molar-refractivity contribution in [3.8, 4) is 0 Å². The predicted molar refractivity (Wildman–Crippen MR) is 95.9 cm³/mol. The summed E-state index contributed by atoms with van der Waals surface area (Å²) in [6, 6.07) is 0. The fraction of sp³-hybridized carbons (Fsp3) is 0.833. The smallest absolute Gasteiger partial charge is 0.107 e. The second-order valence-electron chi connectivity index (χ2n) is 7.52. The molecular formula is C18H31N3OS. The highest BCUT2D eigenvalue weighted by Crippen LogP contribution is 2.27. The summed E-state index contributed by atoms with van der Waals surface area (Å²) in [5.74, 6) is 0.849. The van der Waals surface area contributed by atoms with Crippen molar-refractivity contribution in [2.45, 2.75) is 58.1 Å². The number of hydrogen-bond donors (Lipinski definition) is 1. The molecule has 0 saturated carbocycles. The van der Waals surface area contributed by atoms with Gasteiger partial charge in [0.05, 0.1) is 18.3 Å². The van der Waals surface area contributed by atoms with E-state index in [0.717, 1.165) is 45.1 Å². The number of β-amino-alcohol motifs (C(OH)–C–C–N with tert-alkyl or cyclic N) is 1. The van der Waals surface area contributed by atoms with Crippen LogP contribution in [0.4, 0.5) is 0 Å². The first-order chi connectivity index (χ1) is 11.1. The third-order valence-corrected chi connectivity index (χ3v) is 6.30. The van der Waals surface area contributed by atoms with Crippen LogP contribution >= 0.6 is 11.3 Å². The molecule has 0 spiro atoms. The van der Waals surface area contributed by atoms with Gasteiger partial charge >= 0.3 is 0 Å². The fourth-order valence-electron chi connectivity index (χ4n) is 3.73. The molecule has 0 bridgehead atoms. The number of aliphatic hydroxyl groups is 1. The third kappa shape index (κ3) is 4.99. The van der Waals surface area contributed by atoms with Crippen LogP contribution in [-0.4, -0.2) is 59.2 Å². The van der Waals surface area contributed by atoms with Crippen LogP contribution in [0.15, 0.2) is 0 Å². The molecule has 1 aromatic heterocycles. The molecule has 1 N–H and O–H groups in total. The van der Waals surface area contributed by atoms with E-state index in [1.54, 1.807) is 0 Å². The SMILES string of the molecule is CC1CCN(CC(O)CN(C)Cc2nc3c(s2)CCCC3)CC1. The van der Waals surface area contributed by atoms with E-state index in [1.165, 1.54) is 47.7 Å². The summed E-state index contributed by atoms with van der Waals surface area (Å²) in [5, 5.41) is 11.6. The molecule has 3 rings (SSSR count). The van der Waals surface area contributed by atoms with Crippen molar-refractivity contribution in [1.82, 2.24) is 14.8 Å². The predicted octanol–water partition coefficient (Wildman–Crippen LogP) is 2.55. The van der Waals surface area contributed by atoms with Gasteiger partial charge in [-0.05, 0) is 64.6 Å². The Morgan fingerprint density at radius 3 is 2.78 bits per heavy atom. The summed E-state index contributed by atoms with van der Waals surface area (Å²) in [7, 11) is 2.10. The molecule has 23 heavy (non-hydrogen) atoms. The van der Waals surface area contributed by atoms with Crippen LogP contribution in [0.5, 0.6) is 0 Å². The van der Waals surface area contributed by atoms with Crippen molar-refractivity contribution in [1.29, 1.82) is 0 Å². The van der Waals surface area contributed by atoms with Gasteiger partial charge in [-0.3, -0.25) is 4.90 Å². The molecule has 5 heteroatoms. The number of aliphatic hydroxyl groups excluding tert-OH is 1. The standard InChI is InChI=1S/C18H31N3OS/c1-14-7-9-21(10-8-14)12-15(22)11-20(2)13-18-19-16-5-3-4-6-17(16)23-18/h14-15,22H,3-13H2,1-2H3. The van der Waals surface area contributed by atoms with Crippen LogP contribution in [0, 0.1) is 5.92 Å². The highest BCUT2D eigenvalue weighted by molar-refractivity contribution is 7.11. The van der Waals surface area contributed by atoms with E-state index in [0.29, 0.717) is 0 Å². The Balaban J connectivity index is 1.43. The first-order valence-electron chi connectivity index (χ1n) is 9.16. The Morgan fingerprint density at radius 2 is 2.04 bits per heavy atom. The normalized spacial score (nSPS) is 21.6. The van der Waals surface area contributed by atoms with Gasteiger partial charge in [0.15, 0.2) is 0 Å². The minimum Gasteiger partial charge on any atom is -0.390 e. The van der Waals surface area contributed by atoms with E-state index in [4.69, 9.17) is 4.98 Å². The first kappa shape index (κ1) is 17.3. The third-order valence-electron chi connectivity index (χ3n) is 5.16. The summed E-state index contributed by atoms with van der Waals surface area (Å²) in [4.78, 5) is 11.0. The maximum absolute atomic E-state index is 10.4. The summed E-state index contributed by atoms with van der Waals surface area (Å²) >= 11 is 1.88. The number of likely N-dealkylation sites (tertiary alicyclic amines) is 1. The molecular weight excluding hydrogens is 306 g/mol. The highest BCUT2D eigenvalue weighted by atomic mass is 32.1.